The Morgan fingerprint density at radius 1 is 0.439 bits per heavy atom. The molecule has 0 bridgehead atoms. The molecule has 0 aliphatic carbocycles. The molecule has 0 aliphatic heterocycles. The van der Waals surface area contributed by atoms with Gasteiger partial charge in [0, 0.05) is 13.2 Å². The maximum Gasteiger partial charge on any atom is 0.140 e. The van der Waals surface area contributed by atoms with E-state index in [0.717, 1.165) is 26.1 Å². The number of rotatable bonds is 34. The van der Waals surface area contributed by atoms with Crippen molar-refractivity contribution < 1.29 is 9.47 Å². The van der Waals surface area contributed by atoms with Crippen molar-refractivity contribution in [2.75, 3.05) is 13.2 Å². The van der Waals surface area contributed by atoms with E-state index in [2.05, 4.69) is 27.7 Å². The van der Waals surface area contributed by atoms with Gasteiger partial charge in [0.1, 0.15) is 11.8 Å². The van der Waals surface area contributed by atoms with Crippen LogP contribution in [-0.4, -0.2) is 25.0 Å². The third-order valence-corrected chi connectivity index (χ3v) is 8.88. The van der Waals surface area contributed by atoms with Gasteiger partial charge in [0.05, 0.1) is 0 Å². The van der Waals surface area contributed by atoms with Crippen LogP contribution in [0.4, 0.5) is 0 Å². The zero-order valence-electron chi connectivity index (χ0n) is 29.3. The fraction of sp³-hybridized carbons (Fsp3) is 1.00. The molecular formula is C38H79NO2. The first-order valence-electron chi connectivity index (χ1n) is 19.0. The molecule has 0 spiro atoms. The minimum absolute atomic E-state index is 0.0453. The van der Waals surface area contributed by atoms with Crippen LogP contribution in [0.1, 0.15) is 214 Å². The molecular weight excluding hydrogens is 502 g/mol. The standard InChI is InChI=1S/C38H79NO2/c1-6-8-10-12-14-16-18-20-22-24-26-28-30-32-34-40-37(36(3)4)38(5,39)41-35-33-31-29-27-25-23-21-19-17-15-13-11-9-7-2/h36-37H,6-35,39H2,1-5H3. The molecule has 2 N–H and O–H groups in total. The van der Waals surface area contributed by atoms with Crippen molar-refractivity contribution in [2.45, 2.75) is 226 Å². The highest BCUT2D eigenvalue weighted by Crippen LogP contribution is 2.22. The summed E-state index contributed by atoms with van der Waals surface area (Å²) in [6, 6.07) is 0. The predicted molar refractivity (Wildman–Crippen MR) is 184 cm³/mol. The average Bonchev–Trinajstić information content (AvgIpc) is 2.94. The van der Waals surface area contributed by atoms with Crippen molar-refractivity contribution >= 4 is 0 Å². The van der Waals surface area contributed by atoms with Gasteiger partial charge in [0.25, 0.3) is 0 Å². The number of ether oxygens (including phenoxy) is 2. The quantitative estimate of drug-likeness (QED) is 0.0607. The van der Waals surface area contributed by atoms with Crippen LogP contribution in [0.25, 0.3) is 0 Å². The summed E-state index contributed by atoms with van der Waals surface area (Å²) in [6.07, 6.45) is 38.6. The highest BCUT2D eigenvalue weighted by Gasteiger charge is 2.34. The van der Waals surface area contributed by atoms with Crippen LogP contribution in [0.2, 0.25) is 0 Å². The van der Waals surface area contributed by atoms with Crippen LogP contribution in [-0.2, 0) is 9.47 Å². The number of nitrogens with two attached hydrogens (primary N) is 1. The second-order valence-corrected chi connectivity index (χ2v) is 13.8. The Kier molecular flexibility index (Phi) is 31.2. The average molecular weight is 582 g/mol. The maximum absolute atomic E-state index is 6.63. The molecule has 0 radical (unpaired) electrons. The summed E-state index contributed by atoms with van der Waals surface area (Å²) in [5, 5.41) is 0. The van der Waals surface area contributed by atoms with Crippen molar-refractivity contribution in [3.8, 4) is 0 Å². The lowest BCUT2D eigenvalue weighted by Crippen LogP contribution is -2.54. The van der Waals surface area contributed by atoms with Gasteiger partial charge >= 0.3 is 0 Å². The van der Waals surface area contributed by atoms with E-state index in [0.29, 0.717) is 5.92 Å². The van der Waals surface area contributed by atoms with E-state index in [1.54, 1.807) is 0 Å². The third kappa shape index (κ3) is 28.4. The molecule has 3 nitrogen and oxygen atoms in total. The summed E-state index contributed by atoms with van der Waals surface area (Å²) >= 11 is 0. The molecule has 0 aromatic carbocycles. The van der Waals surface area contributed by atoms with Gasteiger partial charge in [-0.15, -0.1) is 0 Å². The molecule has 0 rings (SSSR count). The Morgan fingerprint density at radius 2 is 0.707 bits per heavy atom. The summed E-state index contributed by atoms with van der Waals surface area (Å²) in [5.41, 5.74) is 5.92. The van der Waals surface area contributed by atoms with Crippen molar-refractivity contribution in [3.63, 3.8) is 0 Å². The van der Waals surface area contributed by atoms with Crippen LogP contribution >= 0.6 is 0 Å². The Labute approximate surface area is 260 Å². The number of unbranched alkanes of at least 4 members (excludes halogenated alkanes) is 26. The van der Waals surface area contributed by atoms with E-state index < -0.39 is 5.72 Å². The van der Waals surface area contributed by atoms with Crippen molar-refractivity contribution in [3.05, 3.63) is 0 Å². The van der Waals surface area contributed by atoms with Gasteiger partial charge in [-0.25, -0.2) is 0 Å². The number of hydrogen-bond donors (Lipinski definition) is 1. The van der Waals surface area contributed by atoms with Crippen LogP contribution in [0.3, 0.4) is 0 Å². The Balaban J connectivity index is 3.65. The fourth-order valence-electron chi connectivity index (χ4n) is 6.20. The van der Waals surface area contributed by atoms with Gasteiger partial charge in [0.15, 0.2) is 0 Å². The Morgan fingerprint density at radius 3 is 1.00 bits per heavy atom. The first-order valence-corrected chi connectivity index (χ1v) is 19.0. The molecule has 248 valence electrons. The van der Waals surface area contributed by atoms with Gasteiger partial charge in [-0.2, -0.15) is 0 Å². The molecule has 0 aliphatic rings. The second kappa shape index (κ2) is 31.3. The van der Waals surface area contributed by atoms with E-state index >= 15 is 0 Å². The molecule has 0 saturated heterocycles. The lowest BCUT2D eigenvalue weighted by molar-refractivity contribution is -0.151. The molecule has 0 aromatic heterocycles. The zero-order chi connectivity index (χ0) is 30.3. The van der Waals surface area contributed by atoms with Crippen LogP contribution in [0.15, 0.2) is 0 Å². The summed E-state index contributed by atoms with van der Waals surface area (Å²) in [6.45, 7) is 12.6. The minimum atomic E-state index is -0.708. The first kappa shape index (κ1) is 40.9. The molecule has 0 amide bonds. The van der Waals surface area contributed by atoms with Crippen LogP contribution in [0, 0.1) is 5.92 Å². The maximum atomic E-state index is 6.63. The summed E-state index contributed by atoms with van der Waals surface area (Å²) in [5.74, 6) is 0.355. The third-order valence-electron chi connectivity index (χ3n) is 8.88. The fourth-order valence-corrected chi connectivity index (χ4v) is 6.20. The highest BCUT2D eigenvalue weighted by molar-refractivity contribution is 4.82. The molecule has 0 aromatic rings. The molecule has 0 heterocycles. The molecule has 0 saturated carbocycles. The largest absolute Gasteiger partial charge is 0.374 e. The van der Waals surface area contributed by atoms with Crippen molar-refractivity contribution in [1.29, 1.82) is 0 Å². The molecule has 3 heteroatoms. The number of hydrogen-bond acceptors (Lipinski definition) is 3. The molecule has 2 unspecified atom stereocenters. The van der Waals surface area contributed by atoms with Gasteiger partial charge in [0.2, 0.25) is 0 Å². The van der Waals surface area contributed by atoms with Crippen LogP contribution < -0.4 is 5.73 Å². The Bertz CT molecular complexity index is 493. The van der Waals surface area contributed by atoms with E-state index in [1.165, 1.54) is 167 Å². The molecule has 2 atom stereocenters. The zero-order valence-corrected chi connectivity index (χ0v) is 29.3. The van der Waals surface area contributed by atoms with E-state index in [9.17, 15) is 0 Å². The van der Waals surface area contributed by atoms with E-state index in [-0.39, 0.29) is 6.10 Å². The van der Waals surface area contributed by atoms with Crippen molar-refractivity contribution in [1.82, 2.24) is 0 Å². The van der Waals surface area contributed by atoms with E-state index in [1.807, 2.05) is 6.92 Å². The minimum Gasteiger partial charge on any atom is -0.374 e. The lowest BCUT2D eigenvalue weighted by atomic mass is 9.97. The van der Waals surface area contributed by atoms with Gasteiger partial charge in [-0.1, -0.05) is 195 Å². The predicted octanol–water partition coefficient (Wildman–Crippen LogP) is 12.7. The van der Waals surface area contributed by atoms with Crippen LogP contribution in [0.5, 0.6) is 0 Å². The molecule has 0 fully saturated rings. The first-order chi connectivity index (χ1) is 20.0. The van der Waals surface area contributed by atoms with Crippen molar-refractivity contribution in [2.24, 2.45) is 11.7 Å². The summed E-state index contributed by atoms with van der Waals surface area (Å²) < 4.78 is 12.5. The second-order valence-electron chi connectivity index (χ2n) is 13.8. The normalized spacial score (nSPS) is 14.1. The topological polar surface area (TPSA) is 44.5 Å². The summed E-state index contributed by atoms with van der Waals surface area (Å²) in [7, 11) is 0. The van der Waals surface area contributed by atoms with Gasteiger partial charge in [-0.05, 0) is 25.7 Å². The highest BCUT2D eigenvalue weighted by atomic mass is 16.6. The van der Waals surface area contributed by atoms with E-state index in [4.69, 9.17) is 15.2 Å². The monoisotopic (exact) mass is 582 g/mol. The lowest BCUT2D eigenvalue weighted by Gasteiger charge is -2.36. The SMILES string of the molecule is CCCCCCCCCCCCCCCCOC(C(C)C)C(C)(N)OCCCCCCCCCCCCCCCC. The summed E-state index contributed by atoms with van der Waals surface area (Å²) in [4.78, 5) is 0. The van der Waals surface area contributed by atoms with Gasteiger partial charge < -0.3 is 15.2 Å². The Hall–Kier alpha value is -0.120. The molecule has 41 heavy (non-hydrogen) atoms. The van der Waals surface area contributed by atoms with Gasteiger partial charge in [-0.3, -0.25) is 0 Å². The smallest absolute Gasteiger partial charge is 0.140 e.